The highest BCUT2D eigenvalue weighted by Crippen LogP contribution is 2.31. The highest BCUT2D eigenvalue weighted by molar-refractivity contribution is 9.10. The molecule has 2 N–H and O–H groups in total. The van der Waals surface area contributed by atoms with E-state index < -0.39 is 10.0 Å². The number of carbonyl (C=O) groups excluding carboxylic acids is 1. The van der Waals surface area contributed by atoms with E-state index in [2.05, 4.69) is 22.9 Å². The smallest absolute Gasteiger partial charge is 0.253 e. The van der Waals surface area contributed by atoms with Gasteiger partial charge in [0.1, 0.15) is 0 Å². The van der Waals surface area contributed by atoms with Crippen LogP contribution < -0.4 is 5.14 Å². The van der Waals surface area contributed by atoms with Gasteiger partial charge in [-0.3, -0.25) is 4.79 Å². The molecular formula is C13H18BrClN2O3S. The Morgan fingerprint density at radius 1 is 1.38 bits per heavy atom. The molecule has 1 rings (SSSR count). The summed E-state index contributed by atoms with van der Waals surface area (Å²) in [4.78, 5) is 13.6. The highest BCUT2D eigenvalue weighted by atomic mass is 79.9. The molecule has 118 valence electrons. The van der Waals surface area contributed by atoms with E-state index in [0.717, 1.165) is 19.3 Å². The summed E-state index contributed by atoms with van der Waals surface area (Å²) in [6.07, 6.45) is 2.98. The normalized spacial score (nSPS) is 11.5. The summed E-state index contributed by atoms with van der Waals surface area (Å²) in [6.45, 7) is 2.68. The summed E-state index contributed by atoms with van der Waals surface area (Å²) in [6, 6.07) is 2.67. The number of sulfonamides is 1. The first kappa shape index (κ1) is 18.4. The Labute approximate surface area is 138 Å². The van der Waals surface area contributed by atoms with Crippen molar-refractivity contribution in [2.24, 2.45) is 5.14 Å². The number of rotatable bonds is 6. The summed E-state index contributed by atoms with van der Waals surface area (Å²) in [7, 11) is -2.29. The molecule has 0 heterocycles. The SMILES string of the molecule is CCCCCN(C)C(=O)c1cc(Cl)c(Br)c(S(N)(=O)=O)c1. The third kappa shape index (κ3) is 4.95. The predicted molar refractivity (Wildman–Crippen MR) is 87.0 cm³/mol. The number of unbranched alkanes of at least 4 members (excludes halogenated alkanes) is 2. The van der Waals surface area contributed by atoms with Gasteiger partial charge in [0, 0.05) is 19.2 Å². The molecule has 8 heteroatoms. The molecular weight excluding hydrogens is 380 g/mol. The van der Waals surface area contributed by atoms with Crippen molar-refractivity contribution in [2.45, 2.75) is 31.1 Å². The van der Waals surface area contributed by atoms with Crippen molar-refractivity contribution in [3.8, 4) is 0 Å². The zero-order valence-corrected chi connectivity index (χ0v) is 15.1. The fraction of sp³-hybridized carbons (Fsp3) is 0.462. The van der Waals surface area contributed by atoms with Crippen LogP contribution in [0.4, 0.5) is 0 Å². The average molecular weight is 398 g/mol. The zero-order valence-electron chi connectivity index (χ0n) is 11.9. The Bertz CT molecular complexity index is 635. The fourth-order valence-corrected chi connectivity index (χ4v) is 3.65. The van der Waals surface area contributed by atoms with E-state index in [-0.39, 0.29) is 25.9 Å². The van der Waals surface area contributed by atoms with Crippen molar-refractivity contribution in [1.82, 2.24) is 4.90 Å². The van der Waals surface area contributed by atoms with Gasteiger partial charge in [0.25, 0.3) is 5.91 Å². The van der Waals surface area contributed by atoms with Crippen LogP contribution >= 0.6 is 27.5 Å². The minimum atomic E-state index is -3.96. The molecule has 5 nitrogen and oxygen atoms in total. The van der Waals surface area contributed by atoms with Crippen molar-refractivity contribution in [3.63, 3.8) is 0 Å². The van der Waals surface area contributed by atoms with Gasteiger partial charge in [0.15, 0.2) is 0 Å². The second-order valence-corrected chi connectivity index (χ2v) is 7.48. The molecule has 0 aliphatic heterocycles. The number of benzene rings is 1. The fourth-order valence-electron chi connectivity index (χ4n) is 1.82. The van der Waals surface area contributed by atoms with Gasteiger partial charge in [-0.2, -0.15) is 0 Å². The number of amides is 1. The Morgan fingerprint density at radius 2 is 2.00 bits per heavy atom. The molecule has 1 amide bonds. The van der Waals surface area contributed by atoms with Crippen LogP contribution in [0.5, 0.6) is 0 Å². The Morgan fingerprint density at radius 3 is 2.52 bits per heavy atom. The number of hydrogen-bond donors (Lipinski definition) is 1. The minimum Gasteiger partial charge on any atom is -0.342 e. The lowest BCUT2D eigenvalue weighted by Crippen LogP contribution is -2.28. The predicted octanol–water partition coefficient (Wildman–Crippen LogP) is 3.01. The molecule has 0 aliphatic rings. The standard InChI is InChI=1S/C13H18BrClN2O3S/c1-3-4-5-6-17(2)13(18)9-7-10(15)12(14)11(8-9)21(16,19)20/h7-8H,3-6H2,1-2H3,(H2,16,19,20). The van der Waals surface area contributed by atoms with E-state index in [0.29, 0.717) is 6.54 Å². The molecule has 1 aromatic carbocycles. The molecule has 0 spiro atoms. The van der Waals surface area contributed by atoms with Crippen LogP contribution in [0.25, 0.3) is 0 Å². The molecule has 0 aromatic heterocycles. The molecule has 0 unspecified atom stereocenters. The summed E-state index contributed by atoms with van der Waals surface area (Å²) >= 11 is 9.03. The number of halogens is 2. The highest BCUT2D eigenvalue weighted by Gasteiger charge is 2.20. The molecule has 1 aromatic rings. The number of nitrogens with zero attached hydrogens (tertiary/aromatic N) is 1. The summed E-state index contributed by atoms with van der Waals surface area (Å²) in [5.74, 6) is -0.287. The van der Waals surface area contributed by atoms with Gasteiger partial charge < -0.3 is 4.90 Å². The van der Waals surface area contributed by atoms with E-state index in [1.165, 1.54) is 12.1 Å². The van der Waals surface area contributed by atoms with Crippen molar-refractivity contribution < 1.29 is 13.2 Å². The summed E-state index contributed by atoms with van der Waals surface area (Å²) in [5.41, 5.74) is 0.200. The quantitative estimate of drug-likeness (QED) is 0.749. The van der Waals surface area contributed by atoms with E-state index in [4.69, 9.17) is 16.7 Å². The van der Waals surface area contributed by atoms with Crippen molar-refractivity contribution in [2.75, 3.05) is 13.6 Å². The van der Waals surface area contributed by atoms with Crippen LogP contribution in [0.1, 0.15) is 36.5 Å². The van der Waals surface area contributed by atoms with Gasteiger partial charge in [-0.25, -0.2) is 13.6 Å². The maximum Gasteiger partial charge on any atom is 0.253 e. The second kappa shape index (κ2) is 7.58. The third-order valence-electron chi connectivity index (χ3n) is 2.99. The van der Waals surface area contributed by atoms with Crippen LogP contribution in [0.15, 0.2) is 21.5 Å². The first-order chi connectivity index (χ1) is 9.68. The van der Waals surface area contributed by atoms with Gasteiger partial charge in [-0.05, 0) is 34.5 Å². The van der Waals surface area contributed by atoms with Crippen molar-refractivity contribution in [3.05, 3.63) is 27.2 Å². The Kier molecular flexibility index (Phi) is 6.65. The lowest BCUT2D eigenvalue weighted by molar-refractivity contribution is 0.0792. The van der Waals surface area contributed by atoms with Crippen LogP contribution in [0.3, 0.4) is 0 Å². The molecule has 0 aliphatic carbocycles. The molecule has 21 heavy (non-hydrogen) atoms. The van der Waals surface area contributed by atoms with Crippen molar-refractivity contribution >= 4 is 43.5 Å². The zero-order chi connectivity index (χ0) is 16.2. The average Bonchev–Trinajstić information content (AvgIpc) is 2.39. The lowest BCUT2D eigenvalue weighted by Gasteiger charge is -2.18. The van der Waals surface area contributed by atoms with Gasteiger partial charge in [-0.1, -0.05) is 31.4 Å². The second-order valence-electron chi connectivity index (χ2n) is 4.75. The van der Waals surface area contributed by atoms with Gasteiger partial charge in [0.05, 0.1) is 14.4 Å². The van der Waals surface area contributed by atoms with E-state index in [1.54, 1.807) is 11.9 Å². The number of carbonyl (C=O) groups is 1. The van der Waals surface area contributed by atoms with Crippen molar-refractivity contribution in [1.29, 1.82) is 0 Å². The largest absolute Gasteiger partial charge is 0.342 e. The third-order valence-corrected chi connectivity index (χ3v) is 5.57. The number of nitrogens with two attached hydrogens (primary N) is 1. The summed E-state index contributed by atoms with van der Waals surface area (Å²) < 4.78 is 23.2. The first-order valence-corrected chi connectivity index (χ1v) is 9.17. The lowest BCUT2D eigenvalue weighted by atomic mass is 10.2. The van der Waals surface area contributed by atoms with Crippen LogP contribution in [0, 0.1) is 0 Å². The van der Waals surface area contributed by atoms with Gasteiger partial charge in [0.2, 0.25) is 10.0 Å². The molecule has 0 saturated carbocycles. The molecule has 0 saturated heterocycles. The van der Waals surface area contributed by atoms with Crippen LogP contribution in [0.2, 0.25) is 5.02 Å². The Hall–Kier alpha value is -0.630. The van der Waals surface area contributed by atoms with E-state index >= 15 is 0 Å². The van der Waals surface area contributed by atoms with Crippen LogP contribution in [-0.2, 0) is 10.0 Å². The van der Waals surface area contributed by atoms with Gasteiger partial charge in [-0.15, -0.1) is 0 Å². The van der Waals surface area contributed by atoms with Gasteiger partial charge >= 0.3 is 0 Å². The number of primary sulfonamides is 1. The number of hydrogen-bond acceptors (Lipinski definition) is 3. The minimum absolute atomic E-state index is 0.131. The summed E-state index contributed by atoms with van der Waals surface area (Å²) in [5, 5.41) is 5.26. The maximum absolute atomic E-state index is 12.3. The molecule has 0 radical (unpaired) electrons. The van der Waals surface area contributed by atoms with Crippen LogP contribution in [-0.4, -0.2) is 32.8 Å². The first-order valence-electron chi connectivity index (χ1n) is 6.45. The molecule has 0 bridgehead atoms. The monoisotopic (exact) mass is 396 g/mol. The molecule has 0 atom stereocenters. The topological polar surface area (TPSA) is 80.5 Å². The van der Waals surface area contributed by atoms with E-state index in [9.17, 15) is 13.2 Å². The maximum atomic E-state index is 12.3. The Balaban J connectivity index is 3.09. The molecule has 0 fully saturated rings. The van der Waals surface area contributed by atoms with E-state index in [1.807, 2.05) is 0 Å².